The third kappa shape index (κ3) is 6.67. The number of piperazine rings is 1. The molecule has 0 N–H and O–H groups in total. The molecule has 7 nitrogen and oxygen atoms in total. The topological polar surface area (TPSA) is 64.0 Å². The number of aromatic nitrogens is 1. The number of nitrogens with zero attached hydrogens (tertiary/aromatic N) is 3. The van der Waals surface area contributed by atoms with Crippen molar-refractivity contribution in [2.45, 2.75) is 46.8 Å². The van der Waals surface area contributed by atoms with Crippen LogP contribution in [0, 0.1) is 11.8 Å². The SMILES string of the molecule is CCOC(=O)c1cn(CC)c2ccc(C#CCN3CCN(COC(C)(C)C)CC3)cc2c1=O. The first-order chi connectivity index (χ1) is 15.7. The van der Waals surface area contributed by atoms with Gasteiger partial charge in [-0.25, -0.2) is 4.79 Å². The molecule has 0 aliphatic carbocycles. The monoisotopic (exact) mass is 453 g/mol. The molecule has 2 aromatic rings. The van der Waals surface area contributed by atoms with Gasteiger partial charge in [0, 0.05) is 49.9 Å². The average molecular weight is 454 g/mol. The van der Waals surface area contributed by atoms with E-state index in [1.54, 1.807) is 19.2 Å². The van der Waals surface area contributed by atoms with Crippen LogP contribution in [0.25, 0.3) is 10.9 Å². The van der Waals surface area contributed by atoms with Crippen molar-refractivity contribution in [1.82, 2.24) is 14.4 Å². The lowest BCUT2D eigenvalue weighted by atomic mass is 10.1. The summed E-state index contributed by atoms with van der Waals surface area (Å²) in [5.41, 5.74) is 1.17. The first-order valence-corrected chi connectivity index (χ1v) is 11.6. The zero-order valence-corrected chi connectivity index (χ0v) is 20.4. The highest BCUT2D eigenvalue weighted by atomic mass is 16.5. The summed E-state index contributed by atoms with van der Waals surface area (Å²) < 4.78 is 12.8. The van der Waals surface area contributed by atoms with Gasteiger partial charge >= 0.3 is 5.97 Å². The van der Waals surface area contributed by atoms with Crippen LogP contribution in [0.1, 0.15) is 50.5 Å². The summed E-state index contributed by atoms with van der Waals surface area (Å²) in [7, 11) is 0. The fourth-order valence-electron chi connectivity index (χ4n) is 3.71. The molecular formula is C26H35N3O4. The van der Waals surface area contributed by atoms with Gasteiger partial charge in [0.2, 0.25) is 5.43 Å². The van der Waals surface area contributed by atoms with Gasteiger partial charge in [0.25, 0.3) is 0 Å². The zero-order valence-electron chi connectivity index (χ0n) is 20.4. The summed E-state index contributed by atoms with van der Waals surface area (Å²) in [5, 5.41) is 0.488. The number of fused-ring (bicyclic) bond motifs is 1. The average Bonchev–Trinajstić information content (AvgIpc) is 2.78. The van der Waals surface area contributed by atoms with Crippen molar-refractivity contribution >= 4 is 16.9 Å². The number of pyridine rings is 1. The lowest BCUT2D eigenvalue weighted by Gasteiger charge is -2.35. The quantitative estimate of drug-likeness (QED) is 0.495. The minimum atomic E-state index is -0.588. The summed E-state index contributed by atoms with van der Waals surface area (Å²) in [5.74, 6) is 5.84. The minimum absolute atomic E-state index is 0.0598. The third-order valence-electron chi connectivity index (χ3n) is 5.60. The van der Waals surface area contributed by atoms with E-state index in [-0.39, 0.29) is 23.2 Å². The lowest BCUT2D eigenvalue weighted by Crippen LogP contribution is -2.47. The molecule has 0 amide bonds. The molecule has 1 saturated heterocycles. The number of carbonyl (C=O) groups is 1. The predicted molar refractivity (Wildman–Crippen MR) is 130 cm³/mol. The maximum absolute atomic E-state index is 12.9. The number of benzene rings is 1. The van der Waals surface area contributed by atoms with E-state index in [2.05, 4.69) is 42.4 Å². The number of rotatable bonds is 6. The van der Waals surface area contributed by atoms with Gasteiger partial charge in [-0.15, -0.1) is 0 Å². The minimum Gasteiger partial charge on any atom is -0.462 e. The molecule has 1 fully saturated rings. The number of carbonyl (C=O) groups excluding carboxylic acids is 1. The van der Waals surface area contributed by atoms with Gasteiger partial charge in [-0.3, -0.25) is 14.6 Å². The van der Waals surface area contributed by atoms with Gasteiger partial charge in [0.1, 0.15) is 5.56 Å². The van der Waals surface area contributed by atoms with E-state index < -0.39 is 5.97 Å². The molecule has 0 atom stereocenters. The Morgan fingerprint density at radius 3 is 2.42 bits per heavy atom. The highest BCUT2D eigenvalue weighted by molar-refractivity contribution is 5.94. The van der Waals surface area contributed by atoms with Crippen LogP contribution < -0.4 is 5.43 Å². The van der Waals surface area contributed by atoms with Crippen molar-refractivity contribution < 1.29 is 14.3 Å². The van der Waals surface area contributed by atoms with E-state index in [1.165, 1.54) is 0 Å². The second-order valence-corrected chi connectivity index (χ2v) is 9.19. The second kappa shape index (κ2) is 11.0. The van der Waals surface area contributed by atoms with Crippen molar-refractivity contribution in [2.24, 2.45) is 0 Å². The molecule has 3 rings (SSSR count). The number of aryl methyl sites for hydroxylation is 1. The predicted octanol–water partition coefficient (Wildman–Crippen LogP) is 2.94. The van der Waals surface area contributed by atoms with Crippen LogP contribution in [-0.4, -0.2) is 72.0 Å². The summed E-state index contributed by atoms with van der Waals surface area (Å²) >= 11 is 0. The van der Waals surface area contributed by atoms with Crippen molar-refractivity contribution in [3.05, 3.63) is 45.7 Å². The molecular weight excluding hydrogens is 418 g/mol. The Hall–Kier alpha value is -2.66. The van der Waals surface area contributed by atoms with E-state index >= 15 is 0 Å². The van der Waals surface area contributed by atoms with Gasteiger partial charge in [0.05, 0.1) is 31.0 Å². The molecule has 1 aliphatic rings. The Morgan fingerprint density at radius 1 is 1.09 bits per heavy atom. The van der Waals surface area contributed by atoms with E-state index in [0.717, 1.165) is 37.3 Å². The van der Waals surface area contributed by atoms with Gasteiger partial charge < -0.3 is 14.0 Å². The Bertz CT molecular complexity index is 1100. The maximum Gasteiger partial charge on any atom is 0.343 e. The first kappa shape index (κ1) is 25.0. The van der Waals surface area contributed by atoms with Crippen LogP contribution in [0.4, 0.5) is 0 Å². The molecule has 1 aromatic heterocycles. The van der Waals surface area contributed by atoms with Crippen LogP contribution in [0.3, 0.4) is 0 Å². The first-order valence-electron chi connectivity index (χ1n) is 11.6. The molecule has 0 spiro atoms. The standard InChI is InChI=1S/C26H35N3O4/c1-6-29-18-22(25(31)32-7-2)24(30)21-17-20(10-11-23(21)29)9-8-12-27-13-15-28(16-14-27)19-33-26(3,4)5/h10-11,17-18H,6-7,12-16,19H2,1-5H3. The number of hydrogen-bond acceptors (Lipinski definition) is 6. The Labute approximate surface area is 196 Å². The van der Waals surface area contributed by atoms with E-state index in [1.807, 2.05) is 23.6 Å². The van der Waals surface area contributed by atoms with Gasteiger partial charge in [0.15, 0.2) is 0 Å². The Balaban J connectivity index is 1.69. The molecule has 0 radical (unpaired) electrons. The normalized spacial score (nSPS) is 15.3. The molecule has 0 unspecified atom stereocenters. The molecule has 33 heavy (non-hydrogen) atoms. The van der Waals surface area contributed by atoms with Crippen molar-refractivity contribution in [1.29, 1.82) is 0 Å². The maximum atomic E-state index is 12.9. The van der Waals surface area contributed by atoms with Gasteiger partial charge in [-0.05, 0) is 52.8 Å². The third-order valence-corrected chi connectivity index (χ3v) is 5.60. The fraction of sp³-hybridized carbons (Fsp3) is 0.538. The summed E-state index contributed by atoms with van der Waals surface area (Å²) in [6, 6.07) is 5.60. The molecule has 178 valence electrons. The Morgan fingerprint density at radius 2 is 1.79 bits per heavy atom. The lowest BCUT2D eigenvalue weighted by molar-refractivity contribution is -0.0731. The van der Waals surface area contributed by atoms with Crippen molar-refractivity contribution in [2.75, 3.05) is 46.1 Å². The van der Waals surface area contributed by atoms with Crippen LogP contribution in [0.5, 0.6) is 0 Å². The summed E-state index contributed by atoms with van der Waals surface area (Å²) in [6.07, 6.45) is 1.58. The highest BCUT2D eigenvalue weighted by Crippen LogP contribution is 2.15. The summed E-state index contributed by atoms with van der Waals surface area (Å²) in [4.78, 5) is 29.8. The van der Waals surface area contributed by atoms with E-state index in [4.69, 9.17) is 9.47 Å². The molecule has 0 bridgehead atoms. The van der Waals surface area contributed by atoms with Gasteiger partial charge in [-0.2, -0.15) is 0 Å². The zero-order chi connectivity index (χ0) is 24.0. The van der Waals surface area contributed by atoms with Crippen LogP contribution in [-0.2, 0) is 16.0 Å². The second-order valence-electron chi connectivity index (χ2n) is 9.19. The largest absolute Gasteiger partial charge is 0.462 e. The van der Waals surface area contributed by atoms with Crippen LogP contribution in [0.2, 0.25) is 0 Å². The van der Waals surface area contributed by atoms with Crippen LogP contribution in [0.15, 0.2) is 29.2 Å². The molecule has 7 heteroatoms. The fourth-order valence-corrected chi connectivity index (χ4v) is 3.71. The van der Waals surface area contributed by atoms with Crippen LogP contribution >= 0.6 is 0 Å². The number of esters is 1. The van der Waals surface area contributed by atoms with Gasteiger partial charge in [-0.1, -0.05) is 11.8 Å². The molecule has 2 heterocycles. The van der Waals surface area contributed by atoms with Crippen molar-refractivity contribution in [3.8, 4) is 11.8 Å². The van der Waals surface area contributed by atoms with Crippen molar-refractivity contribution in [3.63, 3.8) is 0 Å². The molecule has 0 saturated carbocycles. The number of hydrogen-bond donors (Lipinski definition) is 0. The molecule has 1 aliphatic heterocycles. The van der Waals surface area contributed by atoms with E-state index in [9.17, 15) is 9.59 Å². The molecule has 1 aromatic carbocycles. The Kier molecular flexibility index (Phi) is 8.30. The van der Waals surface area contributed by atoms with E-state index in [0.29, 0.717) is 25.2 Å². The number of ether oxygens (including phenoxy) is 2. The smallest absolute Gasteiger partial charge is 0.343 e. The summed E-state index contributed by atoms with van der Waals surface area (Å²) in [6.45, 7) is 15.9. The highest BCUT2D eigenvalue weighted by Gasteiger charge is 2.19.